The average Bonchev–Trinajstić information content (AvgIpc) is 2.72. The second kappa shape index (κ2) is 3.57. The van der Waals surface area contributed by atoms with Crippen LogP contribution in [0.1, 0.15) is 40.1 Å². The molecule has 0 saturated carbocycles. The number of aromatic carboxylic acids is 1. The number of hydrogen-bond donors (Lipinski definition) is 1. The molecule has 0 amide bonds. The van der Waals surface area contributed by atoms with Crippen molar-refractivity contribution in [2.24, 2.45) is 0 Å². The maximum absolute atomic E-state index is 10.9. The van der Waals surface area contributed by atoms with Gasteiger partial charge < -0.3 is 9.84 Å². The first-order chi connectivity index (χ1) is 7.03. The van der Waals surface area contributed by atoms with Gasteiger partial charge in [-0.1, -0.05) is 0 Å². The molecule has 1 fully saturated rings. The molecule has 1 aliphatic heterocycles. The number of hydrogen-bond acceptors (Lipinski definition) is 4. The third-order valence-electron chi connectivity index (χ3n) is 2.67. The molecule has 2 rings (SSSR count). The van der Waals surface area contributed by atoms with Gasteiger partial charge in [-0.05, 0) is 26.7 Å². The van der Waals surface area contributed by atoms with Crippen molar-refractivity contribution < 1.29 is 14.6 Å². The van der Waals surface area contributed by atoms with Crippen molar-refractivity contribution in [3.63, 3.8) is 0 Å². The van der Waals surface area contributed by atoms with E-state index in [9.17, 15) is 4.79 Å². The van der Waals surface area contributed by atoms with Gasteiger partial charge in [0.05, 0.1) is 0 Å². The number of carboxylic acids is 1. The van der Waals surface area contributed by atoms with Crippen LogP contribution in [0.5, 0.6) is 0 Å². The Morgan fingerprint density at radius 2 is 2.40 bits per heavy atom. The van der Waals surface area contributed by atoms with Crippen LogP contribution in [0.15, 0.2) is 0 Å². The summed E-state index contributed by atoms with van der Waals surface area (Å²) in [7, 11) is 0. The largest absolute Gasteiger partial charge is 0.476 e. The van der Waals surface area contributed by atoms with Crippen LogP contribution in [-0.2, 0) is 10.3 Å². The van der Waals surface area contributed by atoms with Crippen LogP contribution in [0.2, 0.25) is 0 Å². The number of thiazole rings is 1. The molecular weight excluding hydrogens is 214 g/mol. The minimum Gasteiger partial charge on any atom is -0.476 e. The Balaban J connectivity index is 2.37. The summed E-state index contributed by atoms with van der Waals surface area (Å²) in [5, 5.41) is 9.70. The third-order valence-corrected chi connectivity index (χ3v) is 3.89. The lowest BCUT2D eigenvalue weighted by atomic mass is 10.0. The van der Waals surface area contributed by atoms with Crippen LogP contribution in [0.25, 0.3) is 0 Å². The predicted octanol–water partition coefficient (Wildman–Crippen LogP) is 2.18. The zero-order valence-corrected chi connectivity index (χ0v) is 9.56. The van der Waals surface area contributed by atoms with Gasteiger partial charge in [-0.3, -0.25) is 0 Å². The van der Waals surface area contributed by atoms with E-state index in [2.05, 4.69) is 4.98 Å². The second-order valence-corrected chi connectivity index (χ2v) is 5.12. The summed E-state index contributed by atoms with van der Waals surface area (Å²) in [4.78, 5) is 15.8. The SMILES string of the molecule is Cc1sc(C2(C)CCCO2)nc1C(=O)O. The molecular formula is C10H13NO3S. The lowest BCUT2D eigenvalue weighted by Gasteiger charge is -2.19. The second-order valence-electron chi connectivity index (χ2n) is 3.91. The van der Waals surface area contributed by atoms with Crippen LogP contribution in [0, 0.1) is 6.92 Å². The summed E-state index contributed by atoms with van der Waals surface area (Å²) < 4.78 is 5.63. The Bertz CT molecular complexity index is 393. The highest BCUT2D eigenvalue weighted by Crippen LogP contribution is 2.38. The Kier molecular flexibility index (Phi) is 2.52. The Labute approximate surface area is 91.9 Å². The molecule has 0 radical (unpaired) electrons. The summed E-state index contributed by atoms with van der Waals surface area (Å²) >= 11 is 1.42. The number of aryl methyl sites for hydroxylation is 1. The normalized spacial score (nSPS) is 25.7. The van der Waals surface area contributed by atoms with E-state index in [0.717, 1.165) is 29.3 Å². The minimum atomic E-state index is -0.961. The Hall–Kier alpha value is -0.940. The third kappa shape index (κ3) is 1.77. The van der Waals surface area contributed by atoms with Crippen LogP contribution < -0.4 is 0 Å². The molecule has 82 valence electrons. The standard InChI is InChI=1S/C10H13NO3S/c1-6-7(8(12)13)11-9(15-6)10(2)4-3-5-14-10/h3-5H2,1-2H3,(H,12,13). The predicted molar refractivity (Wildman–Crippen MR) is 56.3 cm³/mol. The number of rotatable bonds is 2. The van der Waals surface area contributed by atoms with Crippen molar-refractivity contribution in [3.8, 4) is 0 Å². The summed E-state index contributed by atoms with van der Waals surface area (Å²) in [6.45, 7) is 4.49. The van der Waals surface area contributed by atoms with Crippen LogP contribution in [0.3, 0.4) is 0 Å². The van der Waals surface area contributed by atoms with Crippen molar-refractivity contribution in [1.82, 2.24) is 4.98 Å². The van der Waals surface area contributed by atoms with Crippen LogP contribution >= 0.6 is 11.3 Å². The quantitative estimate of drug-likeness (QED) is 0.841. The summed E-state index contributed by atoms with van der Waals surface area (Å²) in [6.07, 6.45) is 1.93. The van der Waals surface area contributed by atoms with Crippen LogP contribution in [0.4, 0.5) is 0 Å². The Morgan fingerprint density at radius 3 is 2.87 bits per heavy atom. The van der Waals surface area contributed by atoms with Crippen molar-refractivity contribution >= 4 is 17.3 Å². The van der Waals surface area contributed by atoms with E-state index >= 15 is 0 Å². The number of ether oxygens (including phenoxy) is 1. The topological polar surface area (TPSA) is 59.4 Å². The Morgan fingerprint density at radius 1 is 1.67 bits per heavy atom. The number of carboxylic acid groups (broad SMARTS) is 1. The minimum absolute atomic E-state index is 0.159. The first-order valence-corrected chi connectivity index (χ1v) is 5.70. The molecule has 1 N–H and O–H groups in total. The van der Waals surface area contributed by atoms with Crippen molar-refractivity contribution in [3.05, 3.63) is 15.6 Å². The first kappa shape index (κ1) is 10.6. The van der Waals surface area contributed by atoms with Gasteiger partial charge in [0.25, 0.3) is 0 Å². The van der Waals surface area contributed by atoms with Gasteiger partial charge in [-0.15, -0.1) is 11.3 Å². The smallest absolute Gasteiger partial charge is 0.355 e. The highest BCUT2D eigenvalue weighted by molar-refractivity contribution is 7.12. The fourth-order valence-electron chi connectivity index (χ4n) is 1.77. The molecule has 2 heterocycles. The molecule has 1 atom stereocenters. The molecule has 4 nitrogen and oxygen atoms in total. The number of aromatic nitrogens is 1. The van der Waals surface area contributed by atoms with Gasteiger partial charge in [-0.25, -0.2) is 9.78 Å². The van der Waals surface area contributed by atoms with E-state index in [1.807, 2.05) is 6.92 Å². The molecule has 0 aliphatic carbocycles. The van der Waals surface area contributed by atoms with E-state index in [0.29, 0.717) is 0 Å². The van der Waals surface area contributed by atoms with E-state index in [4.69, 9.17) is 9.84 Å². The monoisotopic (exact) mass is 227 g/mol. The zero-order chi connectivity index (χ0) is 11.1. The lowest BCUT2D eigenvalue weighted by molar-refractivity contribution is 0.0165. The molecule has 15 heavy (non-hydrogen) atoms. The molecule has 1 unspecified atom stereocenters. The molecule has 1 aliphatic rings. The van der Waals surface area contributed by atoms with E-state index in [1.165, 1.54) is 11.3 Å². The fourth-order valence-corrected chi connectivity index (χ4v) is 2.80. The number of carbonyl (C=O) groups is 1. The highest BCUT2D eigenvalue weighted by atomic mass is 32.1. The molecule has 1 saturated heterocycles. The van der Waals surface area contributed by atoms with Gasteiger partial charge in [-0.2, -0.15) is 0 Å². The summed E-state index contributed by atoms with van der Waals surface area (Å²) in [6, 6.07) is 0. The zero-order valence-electron chi connectivity index (χ0n) is 8.74. The van der Waals surface area contributed by atoms with Crippen molar-refractivity contribution in [2.75, 3.05) is 6.61 Å². The first-order valence-electron chi connectivity index (χ1n) is 4.88. The summed E-state index contributed by atoms with van der Waals surface area (Å²) in [5.41, 5.74) is -0.213. The molecule has 0 aromatic carbocycles. The van der Waals surface area contributed by atoms with Gasteiger partial charge in [0.2, 0.25) is 0 Å². The summed E-state index contributed by atoms with van der Waals surface area (Å²) in [5.74, 6) is -0.961. The average molecular weight is 227 g/mol. The van der Waals surface area contributed by atoms with Crippen molar-refractivity contribution in [1.29, 1.82) is 0 Å². The molecule has 0 spiro atoms. The number of nitrogens with zero attached hydrogens (tertiary/aromatic N) is 1. The molecule has 5 heteroatoms. The van der Waals surface area contributed by atoms with E-state index in [1.54, 1.807) is 6.92 Å². The maximum Gasteiger partial charge on any atom is 0.355 e. The highest BCUT2D eigenvalue weighted by Gasteiger charge is 2.36. The van der Waals surface area contributed by atoms with Crippen molar-refractivity contribution in [2.45, 2.75) is 32.3 Å². The van der Waals surface area contributed by atoms with Gasteiger partial charge in [0.15, 0.2) is 5.69 Å². The van der Waals surface area contributed by atoms with Gasteiger partial charge in [0.1, 0.15) is 10.6 Å². The fraction of sp³-hybridized carbons (Fsp3) is 0.600. The lowest BCUT2D eigenvalue weighted by Crippen LogP contribution is -2.19. The van der Waals surface area contributed by atoms with Crippen LogP contribution in [-0.4, -0.2) is 22.7 Å². The molecule has 1 aromatic heterocycles. The van der Waals surface area contributed by atoms with E-state index < -0.39 is 5.97 Å². The molecule has 0 bridgehead atoms. The maximum atomic E-state index is 10.9. The van der Waals surface area contributed by atoms with Gasteiger partial charge in [0, 0.05) is 11.5 Å². The molecule has 1 aromatic rings. The van der Waals surface area contributed by atoms with E-state index in [-0.39, 0.29) is 11.3 Å². The van der Waals surface area contributed by atoms with Gasteiger partial charge >= 0.3 is 5.97 Å².